The Morgan fingerprint density at radius 2 is 1.95 bits per heavy atom. The van der Waals surface area contributed by atoms with Gasteiger partial charge in [0.15, 0.2) is 5.13 Å². The summed E-state index contributed by atoms with van der Waals surface area (Å²) in [6.07, 6.45) is 1.77. The van der Waals surface area contributed by atoms with E-state index in [9.17, 15) is 0 Å². The van der Waals surface area contributed by atoms with E-state index >= 15 is 0 Å². The average molecular weight is 338 g/mol. The van der Waals surface area contributed by atoms with Gasteiger partial charge in [0.1, 0.15) is 12.4 Å². The van der Waals surface area contributed by atoms with Crippen molar-refractivity contribution < 1.29 is 4.74 Å². The molecule has 0 amide bonds. The van der Waals surface area contributed by atoms with Gasteiger partial charge in [-0.1, -0.05) is 46.1 Å². The fourth-order valence-corrected chi connectivity index (χ4v) is 2.76. The van der Waals surface area contributed by atoms with Gasteiger partial charge >= 0.3 is 0 Å². The first-order chi connectivity index (χ1) is 9.10. The number of benzene rings is 1. The van der Waals surface area contributed by atoms with E-state index in [-0.39, 0.29) is 0 Å². The Morgan fingerprint density at radius 3 is 2.68 bits per heavy atom. The summed E-state index contributed by atoms with van der Waals surface area (Å²) in [5.74, 6) is 0.509. The Labute approximate surface area is 130 Å². The maximum absolute atomic E-state index is 6.03. The van der Waals surface area contributed by atoms with Gasteiger partial charge in [-0.05, 0) is 13.0 Å². The molecular weight excluding hydrogens is 327 g/mol. The zero-order chi connectivity index (χ0) is 13.8. The van der Waals surface area contributed by atoms with Gasteiger partial charge < -0.3 is 10.1 Å². The Kier molecular flexibility index (Phi) is 5.16. The van der Waals surface area contributed by atoms with Crippen molar-refractivity contribution in [3.8, 4) is 5.75 Å². The molecule has 1 aromatic heterocycles. The van der Waals surface area contributed by atoms with E-state index in [4.69, 9.17) is 39.5 Å². The lowest BCUT2D eigenvalue weighted by atomic mass is 10.3. The first-order valence-corrected chi connectivity index (χ1v) is 7.51. The Hall–Kier alpha value is -0.680. The van der Waals surface area contributed by atoms with Crippen LogP contribution in [0.1, 0.15) is 11.8 Å². The van der Waals surface area contributed by atoms with Crippen LogP contribution in [0.15, 0.2) is 18.3 Å². The number of aromatic nitrogens is 1. The van der Waals surface area contributed by atoms with Crippen LogP contribution >= 0.6 is 46.1 Å². The lowest BCUT2D eigenvalue weighted by Gasteiger charge is -2.07. The van der Waals surface area contributed by atoms with Crippen LogP contribution < -0.4 is 10.1 Å². The van der Waals surface area contributed by atoms with E-state index in [1.54, 1.807) is 29.7 Å². The molecule has 19 heavy (non-hydrogen) atoms. The van der Waals surface area contributed by atoms with Gasteiger partial charge in [-0.2, -0.15) is 0 Å². The monoisotopic (exact) mass is 336 g/mol. The van der Waals surface area contributed by atoms with Crippen LogP contribution in [0.5, 0.6) is 5.75 Å². The summed E-state index contributed by atoms with van der Waals surface area (Å²) in [6.45, 7) is 3.25. The number of nitrogens with zero attached hydrogens (tertiary/aromatic N) is 1. The van der Waals surface area contributed by atoms with Gasteiger partial charge in [0.25, 0.3) is 0 Å². The van der Waals surface area contributed by atoms with Crippen molar-refractivity contribution in [1.82, 2.24) is 4.98 Å². The summed E-state index contributed by atoms with van der Waals surface area (Å²) < 4.78 is 5.62. The number of hydrogen-bond acceptors (Lipinski definition) is 4. The van der Waals surface area contributed by atoms with Crippen LogP contribution in [0.4, 0.5) is 5.13 Å². The molecular formula is C12H11Cl3N2OS. The van der Waals surface area contributed by atoms with E-state index in [0.29, 0.717) is 27.4 Å². The molecule has 0 bridgehead atoms. The van der Waals surface area contributed by atoms with Crippen LogP contribution in [0.2, 0.25) is 15.1 Å². The molecule has 0 saturated heterocycles. The molecule has 0 aliphatic rings. The highest BCUT2D eigenvalue weighted by Gasteiger charge is 2.08. The summed E-state index contributed by atoms with van der Waals surface area (Å²) in [7, 11) is 0. The van der Waals surface area contributed by atoms with E-state index < -0.39 is 0 Å². The molecule has 0 spiro atoms. The van der Waals surface area contributed by atoms with E-state index in [2.05, 4.69) is 10.3 Å². The number of thiazole rings is 1. The van der Waals surface area contributed by atoms with Crippen molar-refractivity contribution in [2.45, 2.75) is 13.5 Å². The highest BCUT2D eigenvalue weighted by atomic mass is 35.5. The summed E-state index contributed by atoms with van der Waals surface area (Å²) in [4.78, 5) is 5.22. The summed E-state index contributed by atoms with van der Waals surface area (Å²) in [5, 5.41) is 5.28. The molecule has 2 rings (SSSR count). The fraction of sp³-hybridized carbons (Fsp3) is 0.250. The van der Waals surface area contributed by atoms with Gasteiger partial charge in [-0.15, -0.1) is 0 Å². The Balaban J connectivity index is 2.03. The van der Waals surface area contributed by atoms with Crippen molar-refractivity contribution in [2.24, 2.45) is 0 Å². The van der Waals surface area contributed by atoms with E-state index in [1.807, 2.05) is 6.92 Å². The number of halogens is 3. The number of anilines is 1. The number of nitrogens with one attached hydrogen (secondary N) is 1. The van der Waals surface area contributed by atoms with Crippen molar-refractivity contribution in [1.29, 1.82) is 0 Å². The minimum atomic E-state index is 0.390. The van der Waals surface area contributed by atoms with Gasteiger partial charge in [0.2, 0.25) is 0 Å². The maximum atomic E-state index is 6.03. The van der Waals surface area contributed by atoms with Crippen LogP contribution in [0, 0.1) is 0 Å². The molecule has 0 fully saturated rings. The molecule has 1 heterocycles. The van der Waals surface area contributed by atoms with Crippen molar-refractivity contribution in [2.75, 3.05) is 11.9 Å². The second-order valence-electron chi connectivity index (χ2n) is 3.65. The fourth-order valence-electron chi connectivity index (χ4n) is 1.37. The maximum Gasteiger partial charge on any atom is 0.182 e. The molecule has 0 radical (unpaired) electrons. The molecule has 0 atom stereocenters. The van der Waals surface area contributed by atoms with E-state index in [1.165, 1.54) is 0 Å². The van der Waals surface area contributed by atoms with Crippen LogP contribution in [-0.4, -0.2) is 11.5 Å². The van der Waals surface area contributed by atoms with Gasteiger partial charge in [-0.3, -0.25) is 0 Å². The van der Waals surface area contributed by atoms with Crippen LogP contribution in [0.3, 0.4) is 0 Å². The third kappa shape index (κ3) is 3.89. The molecule has 0 aliphatic heterocycles. The number of ether oxygens (including phenoxy) is 1. The van der Waals surface area contributed by atoms with Gasteiger partial charge in [0, 0.05) is 18.8 Å². The molecule has 0 aliphatic carbocycles. The molecule has 102 valence electrons. The molecule has 1 aromatic carbocycles. The average Bonchev–Trinajstić information content (AvgIpc) is 2.80. The van der Waals surface area contributed by atoms with Crippen molar-refractivity contribution >= 4 is 51.3 Å². The third-order valence-corrected chi connectivity index (χ3v) is 4.17. The topological polar surface area (TPSA) is 34.2 Å². The third-order valence-electron chi connectivity index (χ3n) is 2.23. The molecule has 1 N–H and O–H groups in total. The summed E-state index contributed by atoms with van der Waals surface area (Å²) in [6, 6.07) is 3.18. The van der Waals surface area contributed by atoms with Gasteiger partial charge in [0.05, 0.1) is 19.9 Å². The first kappa shape index (κ1) is 14.7. The summed E-state index contributed by atoms with van der Waals surface area (Å²) >= 11 is 19.3. The largest absolute Gasteiger partial charge is 0.486 e. The highest BCUT2D eigenvalue weighted by Crippen LogP contribution is 2.34. The highest BCUT2D eigenvalue weighted by molar-refractivity contribution is 7.15. The number of hydrogen-bond donors (Lipinski definition) is 1. The Bertz CT molecular complexity index is 574. The zero-order valence-corrected chi connectivity index (χ0v) is 13.1. The first-order valence-electron chi connectivity index (χ1n) is 5.56. The minimum absolute atomic E-state index is 0.390. The predicted octanol–water partition coefficient (Wildman–Crippen LogP) is 5.11. The van der Waals surface area contributed by atoms with Crippen LogP contribution in [-0.2, 0) is 6.61 Å². The second kappa shape index (κ2) is 6.66. The SMILES string of the molecule is CCNc1ncc(COc2cc(Cl)c(Cl)cc2Cl)s1. The Morgan fingerprint density at radius 1 is 1.21 bits per heavy atom. The van der Waals surface area contributed by atoms with Gasteiger partial charge in [-0.25, -0.2) is 4.98 Å². The minimum Gasteiger partial charge on any atom is -0.486 e. The number of rotatable bonds is 5. The molecule has 0 unspecified atom stereocenters. The normalized spacial score (nSPS) is 10.5. The summed E-state index contributed by atoms with van der Waals surface area (Å²) in [5.41, 5.74) is 0. The molecule has 0 saturated carbocycles. The van der Waals surface area contributed by atoms with Crippen molar-refractivity contribution in [3.63, 3.8) is 0 Å². The lowest BCUT2D eigenvalue weighted by molar-refractivity contribution is 0.310. The van der Waals surface area contributed by atoms with Crippen LogP contribution in [0.25, 0.3) is 0 Å². The quantitative estimate of drug-likeness (QED) is 0.769. The zero-order valence-electron chi connectivity index (χ0n) is 10.0. The molecule has 3 nitrogen and oxygen atoms in total. The predicted molar refractivity (Wildman–Crippen MR) is 82.1 cm³/mol. The van der Waals surface area contributed by atoms with Crippen molar-refractivity contribution in [3.05, 3.63) is 38.3 Å². The lowest BCUT2D eigenvalue weighted by Crippen LogP contribution is -1.94. The standard InChI is InChI=1S/C12H11Cl3N2OS/c1-2-16-12-17-5-7(19-12)6-18-11-4-9(14)8(13)3-10(11)15/h3-5H,2,6H2,1H3,(H,16,17). The van der Waals surface area contributed by atoms with E-state index in [0.717, 1.165) is 16.6 Å². The second-order valence-corrected chi connectivity index (χ2v) is 5.98. The molecule has 2 aromatic rings. The smallest absolute Gasteiger partial charge is 0.182 e. The molecule has 7 heteroatoms.